The first kappa shape index (κ1) is 15.6. The van der Waals surface area contributed by atoms with E-state index in [4.69, 9.17) is 0 Å². The molecule has 2 aromatic rings. The molecule has 114 valence electrons. The van der Waals surface area contributed by atoms with Crippen molar-refractivity contribution in [1.82, 2.24) is 10.3 Å². The molecule has 3 nitrogen and oxygen atoms in total. The van der Waals surface area contributed by atoms with Gasteiger partial charge in [0, 0.05) is 30.7 Å². The lowest BCUT2D eigenvalue weighted by molar-refractivity contribution is 0.156. The fraction of sp³-hybridized carbons (Fsp3) is 0.438. The SMILES string of the molecule is CC(C)NCc1cc(N(C)CC(F)F)c2ccccc2n1. The highest BCUT2D eigenvalue weighted by molar-refractivity contribution is 5.91. The van der Waals surface area contributed by atoms with E-state index in [1.807, 2.05) is 30.3 Å². The average molecular weight is 293 g/mol. The van der Waals surface area contributed by atoms with E-state index in [9.17, 15) is 8.78 Å². The molecule has 0 fully saturated rings. The van der Waals surface area contributed by atoms with Gasteiger partial charge in [0.25, 0.3) is 6.43 Å². The van der Waals surface area contributed by atoms with Crippen LogP contribution in [0.3, 0.4) is 0 Å². The molecule has 0 saturated carbocycles. The van der Waals surface area contributed by atoms with Gasteiger partial charge in [-0.05, 0) is 12.1 Å². The van der Waals surface area contributed by atoms with Crippen LogP contribution in [-0.2, 0) is 6.54 Å². The summed E-state index contributed by atoms with van der Waals surface area (Å²) in [4.78, 5) is 6.18. The van der Waals surface area contributed by atoms with E-state index in [-0.39, 0.29) is 6.54 Å². The number of nitrogens with zero attached hydrogens (tertiary/aromatic N) is 2. The lowest BCUT2D eigenvalue weighted by atomic mass is 10.1. The zero-order valence-electron chi connectivity index (χ0n) is 12.6. The second-order valence-electron chi connectivity index (χ2n) is 5.46. The molecule has 0 radical (unpaired) electrons. The molecule has 0 amide bonds. The molecule has 1 N–H and O–H groups in total. The van der Waals surface area contributed by atoms with Crippen molar-refractivity contribution < 1.29 is 8.78 Å². The van der Waals surface area contributed by atoms with E-state index in [1.54, 1.807) is 11.9 Å². The number of fused-ring (bicyclic) bond motifs is 1. The van der Waals surface area contributed by atoms with Crippen molar-refractivity contribution in [3.8, 4) is 0 Å². The monoisotopic (exact) mass is 293 g/mol. The summed E-state index contributed by atoms with van der Waals surface area (Å²) >= 11 is 0. The van der Waals surface area contributed by atoms with Crippen LogP contribution >= 0.6 is 0 Å². The highest BCUT2D eigenvalue weighted by Crippen LogP contribution is 2.26. The molecule has 0 aliphatic heterocycles. The summed E-state index contributed by atoms with van der Waals surface area (Å²) in [6.45, 7) is 4.46. The van der Waals surface area contributed by atoms with Gasteiger partial charge in [0.2, 0.25) is 0 Å². The molecule has 1 aromatic heterocycles. The minimum Gasteiger partial charge on any atom is -0.368 e. The Labute approximate surface area is 124 Å². The Hall–Kier alpha value is -1.75. The number of hydrogen-bond acceptors (Lipinski definition) is 3. The van der Waals surface area contributed by atoms with Crippen LogP contribution < -0.4 is 10.2 Å². The molecule has 0 aliphatic carbocycles. The number of aromatic nitrogens is 1. The van der Waals surface area contributed by atoms with Gasteiger partial charge in [0.1, 0.15) is 0 Å². The Balaban J connectivity index is 2.40. The topological polar surface area (TPSA) is 28.2 Å². The highest BCUT2D eigenvalue weighted by atomic mass is 19.3. The number of hydrogen-bond donors (Lipinski definition) is 1. The molecule has 2 rings (SSSR count). The summed E-state index contributed by atoms with van der Waals surface area (Å²) in [5.74, 6) is 0. The summed E-state index contributed by atoms with van der Waals surface area (Å²) < 4.78 is 25.3. The molecule has 0 spiro atoms. The Morgan fingerprint density at radius 3 is 2.62 bits per heavy atom. The maximum Gasteiger partial charge on any atom is 0.255 e. The van der Waals surface area contributed by atoms with Crippen LogP contribution in [0.2, 0.25) is 0 Å². The van der Waals surface area contributed by atoms with Gasteiger partial charge in [-0.15, -0.1) is 0 Å². The molecule has 0 aliphatic rings. The third-order valence-corrected chi connectivity index (χ3v) is 3.26. The quantitative estimate of drug-likeness (QED) is 0.884. The van der Waals surface area contributed by atoms with Crippen LogP contribution in [0, 0.1) is 0 Å². The molecule has 21 heavy (non-hydrogen) atoms. The predicted molar refractivity (Wildman–Crippen MR) is 83.0 cm³/mol. The molecular formula is C16H21F2N3. The first-order chi connectivity index (χ1) is 9.97. The van der Waals surface area contributed by atoms with Crippen LogP contribution in [0.4, 0.5) is 14.5 Å². The van der Waals surface area contributed by atoms with E-state index in [0.717, 1.165) is 22.3 Å². The maximum absolute atomic E-state index is 12.7. The molecule has 5 heteroatoms. The first-order valence-corrected chi connectivity index (χ1v) is 7.08. The van der Waals surface area contributed by atoms with E-state index < -0.39 is 6.43 Å². The van der Waals surface area contributed by atoms with Gasteiger partial charge in [-0.1, -0.05) is 32.0 Å². The van der Waals surface area contributed by atoms with Gasteiger partial charge in [-0.2, -0.15) is 0 Å². The van der Waals surface area contributed by atoms with Crippen LogP contribution in [0.5, 0.6) is 0 Å². The van der Waals surface area contributed by atoms with Crippen molar-refractivity contribution in [2.75, 3.05) is 18.5 Å². The number of para-hydroxylation sites is 1. The summed E-state index contributed by atoms with van der Waals surface area (Å²) in [5, 5.41) is 4.20. The molecule has 0 unspecified atom stereocenters. The smallest absolute Gasteiger partial charge is 0.255 e. The molecule has 0 bridgehead atoms. The van der Waals surface area contributed by atoms with Crippen molar-refractivity contribution in [1.29, 1.82) is 0 Å². The van der Waals surface area contributed by atoms with Gasteiger partial charge < -0.3 is 10.2 Å². The number of benzene rings is 1. The molecule has 0 saturated heterocycles. The number of rotatable bonds is 6. The van der Waals surface area contributed by atoms with E-state index in [0.29, 0.717) is 12.6 Å². The summed E-state index contributed by atoms with van der Waals surface area (Å²) in [6.07, 6.45) is -2.36. The molecule has 0 atom stereocenters. The number of anilines is 1. The van der Waals surface area contributed by atoms with Gasteiger partial charge in [-0.3, -0.25) is 4.98 Å². The largest absolute Gasteiger partial charge is 0.368 e. The summed E-state index contributed by atoms with van der Waals surface area (Å²) in [7, 11) is 1.69. The summed E-state index contributed by atoms with van der Waals surface area (Å²) in [5.41, 5.74) is 2.48. The van der Waals surface area contributed by atoms with Gasteiger partial charge in [0.15, 0.2) is 0 Å². The fourth-order valence-electron chi connectivity index (χ4n) is 2.23. The Bertz CT molecular complexity index is 599. The zero-order valence-corrected chi connectivity index (χ0v) is 12.6. The van der Waals surface area contributed by atoms with Crippen molar-refractivity contribution >= 4 is 16.6 Å². The Morgan fingerprint density at radius 2 is 1.95 bits per heavy atom. The fourth-order valence-corrected chi connectivity index (χ4v) is 2.23. The van der Waals surface area contributed by atoms with Crippen LogP contribution in [0.1, 0.15) is 19.5 Å². The van der Waals surface area contributed by atoms with Crippen molar-refractivity contribution in [3.05, 3.63) is 36.0 Å². The van der Waals surface area contributed by atoms with Gasteiger partial charge in [0.05, 0.1) is 17.8 Å². The van der Waals surface area contributed by atoms with Crippen LogP contribution in [-0.4, -0.2) is 31.0 Å². The van der Waals surface area contributed by atoms with Crippen LogP contribution in [0.25, 0.3) is 10.9 Å². The average Bonchev–Trinajstić information content (AvgIpc) is 2.43. The minimum atomic E-state index is -2.36. The van der Waals surface area contributed by atoms with Crippen LogP contribution in [0.15, 0.2) is 30.3 Å². The highest BCUT2D eigenvalue weighted by Gasteiger charge is 2.13. The summed E-state index contributed by atoms with van der Waals surface area (Å²) in [6, 6.07) is 9.87. The minimum absolute atomic E-state index is 0.287. The van der Waals surface area contributed by atoms with E-state index in [1.165, 1.54) is 0 Å². The third kappa shape index (κ3) is 4.11. The van der Waals surface area contributed by atoms with Gasteiger partial charge >= 0.3 is 0 Å². The van der Waals surface area contributed by atoms with Crippen molar-refractivity contribution in [2.45, 2.75) is 32.9 Å². The Morgan fingerprint density at radius 1 is 1.24 bits per heavy atom. The second kappa shape index (κ2) is 6.80. The molecule has 1 heterocycles. The second-order valence-corrected chi connectivity index (χ2v) is 5.46. The molecule has 1 aromatic carbocycles. The van der Waals surface area contributed by atoms with Gasteiger partial charge in [-0.25, -0.2) is 8.78 Å². The Kier molecular flexibility index (Phi) is 5.07. The van der Waals surface area contributed by atoms with E-state index >= 15 is 0 Å². The van der Waals surface area contributed by atoms with Crippen molar-refractivity contribution in [3.63, 3.8) is 0 Å². The standard InChI is InChI=1S/C16H21F2N3/c1-11(2)19-9-12-8-15(21(3)10-16(17)18)13-6-4-5-7-14(13)20-12/h4-8,11,16,19H,9-10H2,1-3H3. The molecular weight excluding hydrogens is 272 g/mol. The number of halogens is 2. The van der Waals surface area contributed by atoms with Crippen molar-refractivity contribution in [2.24, 2.45) is 0 Å². The maximum atomic E-state index is 12.7. The normalized spacial score (nSPS) is 11.6. The van der Waals surface area contributed by atoms with E-state index in [2.05, 4.69) is 24.1 Å². The zero-order chi connectivity index (χ0) is 15.4. The first-order valence-electron chi connectivity index (χ1n) is 7.08. The lowest BCUT2D eigenvalue weighted by Gasteiger charge is -2.21. The lowest BCUT2D eigenvalue weighted by Crippen LogP contribution is -2.25. The predicted octanol–water partition coefficient (Wildman–Crippen LogP) is 3.43. The third-order valence-electron chi connectivity index (χ3n) is 3.26. The number of alkyl halides is 2. The number of nitrogens with one attached hydrogen (secondary N) is 1. The number of pyridine rings is 1.